The second-order valence-corrected chi connectivity index (χ2v) is 6.61. The lowest BCUT2D eigenvalue weighted by molar-refractivity contribution is -0.136. The first-order chi connectivity index (χ1) is 12.6. The lowest BCUT2D eigenvalue weighted by atomic mass is 10.1. The minimum Gasteiger partial charge on any atom is -0.339 e. The van der Waals surface area contributed by atoms with Gasteiger partial charge in [0.25, 0.3) is 0 Å². The average molecular weight is 348 g/mol. The van der Waals surface area contributed by atoms with Gasteiger partial charge in [0.1, 0.15) is 0 Å². The van der Waals surface area contributed by atoms with Gasteiger partial charge in [0.05, 0.1) is 6.42 Å². The molecule has 1 aliphatic heterocycles. The van der Waals surface area contributed by atoms with Crippen molar-refractivity contribution >= 4 is 17.9 Å². The molecule has 2 amide bonds. The van der Waals surface area contributed by atoms with E-state index in [1.165, 1.54) is 5.56 Å². The van der Waals surface area contributed by atoms with Crippen molar-refractivity contribution in [2.45, 2.75) is 13.3 Å². The third-order valence-corrected chi connectivity index (χ3v) is 4.64. The van der Waals surface area contributed by atoms with Crippen LogP contribution < -0.4 is 0 Å². The van der Waals surface area contributed by atoms with Crippen LogP contribution in [-0.4, -0.2) is 47.8 Å². The zero-order chi connectivity index (χ0) is 18.4. The lowest BCUT2D eigenvalue weighted by Gasteiger charge is -2.34. The Bertz CT molecular complexity index is 774. The monoisotopic (exact) mass is 348 g/mol. The first kappa shape index (κ1) is 17.9. The van der Waals surface area contributed by atoms with E-state index in [-0.39, 0.29) is 11.8 Å². The van der Waals surface area contributed by atoms with E-state index in [1.807, 2.05) is 72.5 Å². The molecule has 0 N–H and O–H groups in total. The number of nitrogens with zero attached hydrogens (tertiary/aromatic N) is 2. The minimum absolute atomic E-state index is 0.000679. The first-order valence-electron chi connectivity index (χ1n) is 8.97. The Hall–Kier alpha value is -2.88. The van der Waals surface area contributed by atoms with Gasteiger partial charge in [0.2, 0.25) is 11.8 Å². The van der Waals surface area contributed by atoms with Gasteiger partial charge >= 0.3 is 0 Å². The van der Waals surface area contributed by atoms with Crippen LogP contribution in [0.15, 0.2) is 60.7 Å². The molecule has 1 fully saturated rings. The van der Waals surface area contributed by atoms with Crippen LogP contribution in [0.5, 0.6) is 0 Å². The SMILES string of the molecule is Cc1ccc(/C=C/C(=O)N2CCN(C(=O)Cc3ccccc3)CC2)cc1. The molecule has 2 aromatic rings. The van der Waals surface area contributed by atoms with Crippen LogP contribution in [-0.2, 0) is 16.0 Å². The molecule has 1 aliphatic rings. The topological polar surface area (TPSA) is 40.6 Å². The fourth-order valence-corrected chi connectivity index (χ4v) is 3.01. The minimum atomic E-state index is 0.000679. The summed E-state index contributed by atoms with van der Waals surface area (Å²) in [5.74, 6) is 0.124. The maximum atomic E-state index is 12.4. The summed E-state index contributed by atoms with van der Waals surface area (Å²) in [7, 11) is 0. The number of hydrogen-bond donors (Lipinski definition) is 0. The van der Waals surface area contributed by atoms with Gasteiger partial charge in [-0.1, -0.05) is 60.2 Å². The lowest BCUT2D eigenvalue weighted by Crippen LogP contribution is -2.50. The summed E-state index contributed by atoms with van der Waals surface area (Å²) in [6.07, 6.45) is 3.88. The van der Waals surface area contributed by atoms with Crippen LogP contribution in [0.3, 0.4) is 0 Å². The van der Waals surface area contributed by atoms with Gasteiger partial charge in [-0.3, -0.25) is 9.59 Å². The van der Waals surface area contributed by atoms with Crippen LogP contribution >= 0.6 is 0 Å². The number of hydrogen-bond acceptors (Lipinski definition) is 2. The van der Waals surface area contributed by atoms with Crippen molar-refractivity contribution in [1.82, 2.24) is 9.80 Å². The Morgan fingerprint density at radius 2 is 1.50 bits per heavy atom. The largest absolute Gasteiger partial charge is 0.339 e. The van der Waals surface area contributed by atoms with Crippen LogP contribution in [0.25, 0.3) is 6.08 Å². The van der Waals surface area contributed by atoms with Gasteiger partial charge < -0.3 is 9.80 Å². The predicted octanol–water partition coefficient (Wildman–Crippen LogP) is 2.92. The summed E-state index contributed by atoms with van der Waals surface area (Å²) in [5.41, 5.74) is 3.24. The molecule has 3 rings (SSSR count). The Balaban J connectivity index is 1.49. The van der Waals surface area contributed by atoms with Gasteiger partial charge in [-0.05, 0) is 24.1 Å². The van der Waals surface area contributed by atoms with Crippen LogP contribution in [0.2, 0.25) is 0 Å². The normalized spacial score (nSPS) is 14.7. The van der Waals surface area contributed by atoms with Crippen molar-refractivity contribution in [1.29, 1.82) is 0 Å². The van der Waals surface area contributed by atoms with Crippen molar-refractivity contribution in [3.05, 3.63) is 77.4 Å². The molecule has 2 aromatic carbocycles. The molecular weight excluding hydrogens is 324 g/mol. The summed E-state index contributed by atoms with van der Waals surface area (Å²) in [6.45, 7) is 4.39. The van der Waals surface area contributed by atoms with Crippen molar-refractivity contribution in [3.8, 4) is 0 Å². The van der Waals surface area contributed by atoms with Crippen LogP contribution in [0, 0.1) is 6.92 Å². The number of benzene rings is 2. The summed E-state index contributed by atoms with van der Waals surface area (Å²) >= 11 is 0. The highest BCUT2D eigenvalue weighted by atomic mass is 16.2. The number of carbonyl (C=O) groups is 2. The molecule has 0 unspecified atom stereocenters. The highest BCUT2D eigenvalue weighted by molar-refractivity contribution is 5.92. The van der Waals surface area contributed by atoms with Gasteiger partial charge in [-0.15, -0.1) is 0 Å². The smallest absolute Gasteiger partial charge is 0.246 e. The molecular formula is C22H24N2O2. The molecule has 0 spiro atoms. The maximum Gasteiger partial charge on any atom is 0.246 e. The van der Waals surface area contributed by atoms with E-state index >= 15 is 0 Å². The number of aryl methyl sites for hydroxylation is 1. The van der Waals surface area contributed by atoms with Crippen molar-refractivity contribution in [3.63, 3.8) is 0 Å². The van der Waals surface area contributed by atoms with Gasteiger partial charge in [-0.2, -0.15) is 0 Å². The van der Waals surface area contributed by atoms with Gasteiger partial charge in [-0.25, -0.2) is 0 Å². The fourth-order valence-electron chi connectivity index (χ4n) is 3.01. The highest BCUT2D eigenvalue weighted by Crippen LogP contribution is 2.09. The van der Waals surface area contributed by atoms with Crippen molar-refractivity contribution < 1.29 is 9.59 Å². The second kappa shape index (κ2) is 8.48. The molecule has 0 saturated carbocycles. The van der Waals surface area contributed by atoms with Crippen LogP contribution in [0.4, 0.5) is 0 Å². The Labute approximate surface area is 154 Å². The van der Waals surface area contributed by atoms with Crippen molar-refractivity contribution in [2.75, 3.05) is 26.2 Å². The third kappa shape index (κ3) is 4.82. The highest BCUT2D eigenvalue weighted by Gasteiger charge is 2.22. The number of carbonyl (C=O) groups excluding carboxylic acids is 2. The number of piperazine rings is 1. The molecule has 1 heterocycles. The zero-order valence-corrected chi connectivity index (χ0v) is 15.1. The maximum absolute atomic E-state index is 12.4. The molecule has 26 heavy (non-hydrogen) atoms. The molecule has 0 aliphatic carbocycles. The van der Waals surface area contributed by atoms with Crippen LogP contribution in [0.1, 0.15) is 16.7 Å². The quantitative estimate of drug-likeness (QED) is 0.797. The average Bonchev–Trinajstić information content (AvgIpc) is 2.68. The Morgan fingerprint density at radius 1 is 0.885 bits per heavy atom. The Morgan fingerprint density at radius 3 is 2.15 bits per heavy atom. The predicted molar refractivity (Wildman–Crippen MR) is 104 cm³/mol. The second-order valence-electron chi connectivity index (χ2n) is 6.61. The molecule has 134 valence electrons. The summed E-state index contributed by atoms with van der Waals surface area (Å²) in [5, 5.41) is 0. The van der Waals surface area contributed by atoms with E-state index in [9.17, 15) is 9.59 Å². The molecule has 0 bridgehead atoms. The molecule has 0 radical (unpaired) electrons. The standard InChI is InChI=1S/C22H24N2O2/c1-18-7-9-19(10-8-18)11-12-21(25)23-13-15-24(16-14-23)22(26)17-20-5-3-2-4-6-20/h2-12H,13-17H2,1H3/b12-11+. The van der Waals surface area contributed by atoms with E-state index in [2.05, 4.69) is 0 Å². The molecule has 0 aromatic heterocycles. The van der Waals surface area contributed by atoms with E-state index in [0.29, 0.717) is 32.6 Å². The molecule has 4 heteroatoms. The van der Waals surface area contributed by atoms with E-state index < -0.39 is 0 Å². The van der Waals surface area contributed by atoms with E-state index in [0.717, 1.165) is 11.1 Å². The van der Waals surface area contributed by atoms with E-state index in [4.69, 9.17) is 0 Å². The fraction of sp³-hybridized carbons (Fsp3) is 0.273. The molecule has 1 saturated heterocycles. The summed E-state index contributed by atoms with van der Waals surface area (Å²) in [4.78, 5) is 28.4. The van der Waals surface area contributed by atoms with Gasteiger partial charge in [0.15, 0.2) is 0 Å². The number of rotatable bonds is 4. The number of amides is 2. The third-order valence-electron chi connectivity index (χ3n) is 4.64. The van der Waals surface area contributed by atoms with E-state index in [1.54, 1.807) is 11.0 Å². The summed E-state index contributed by atoms with van der Waals surface area (Å²) < 4.78 is 0. The molecule has 0 atom stereocenters. The van der Waals surface area contributed by atoms with Crippen molar-refractivity contribution in [2.24, 2.45) is 0 Å². The Kier molecular flexibility index (Phi) is 5.84. The molecule has 4 nitrogen and oxygen atoms in total. The van der Waals surface area contributed by atoms with Gasteiger partial charge in [0, 0.05) is 32.3 Å². The first-order valence-corrected chi connectivity index (χ1v) is 8.97. The zero-order valence-electron chi connectivity index (χ0n) is 15.1. The summed E-state index contributed by atoms with van der Waals surface area (Å²) in [6, 6.07) is 17.8.